The van der Waals surface area contributed by atoms with Crippen LogP contribution in [-0.4, -0.2) is 52.5 Å². The summed E-state index contributed by atoms with van der Waals surface area (Å²) in [6.07, 6.45) is 3.24. The highest BCUT2D eigenvalue weighted by Gasteiger charge is 2.21. The highest BCUT2D eigenvalue weighted by molar-refractivity contribution is 5.87. The lowest BCUT2D eigenvalue weighted by atomic mass is 10.0. The average Bonchev–Trinajstić information content (AvgIpc) is 3.30. The topological polar surface area (TPSA) is 108 Å². The van der Waals surface area contributed by atoms with Gasteiger partial charge in [0, 0.05) is 37.4 Å². The smallest absolute Gasteiger partial charge is 0.335 e. The van der Waals surface area contributed by atoms with Crippen LogP contribution >= 0.6 is 0 Å². The maximum atomic E-state index is 12.3. The van der Waals surface area contributed by atoms with Gasteiger partial charge >= 0.3 is 5.97 Å². The minimum atomic E-state index is -0.994. The summed E-state index contributed by atoms with van der Waals surface area (Å²) in [6.45, 7) is 3.05. The van der Waals surface area contributed by atoms with Gasteiger partial charge in [-0.1, -0.05) is 30.3 Å². The highest BCUT2D eigenvalue weighted by Crippen LogP contribution is 2.23. The van der Waals surface area contributed by atoms with Crippen molar-refractivity contribution in [2.75, 3.05) is 19.6 Å². The number of nitrogens with zero attached hydrogens (tertiary/aromatic N) is 2. The first kappa shape index (κ1) is 22.7. The van der Waals surface area contributed by atoms with Crippen molar-refractivity contribution in [1.29, 1.82) is 0 Å². The predicted octanol–water partition coefficient (Wildman–Crippen LogP) is 2.91. The molecule has 3 N–H and O–H groups in total. The van der Waals surface area contributed by atoms with E-state index in [9.17, 15) is 9.59 Å². The van der Waals surface area contributed by atoms with Crippen LogP contribution in [0.5, 0.6) is 0 Å². The number of aromatic carboxylic acids is 1. The maximum absolute atomic E-state index is 12.3. The number of nitrogens with one attached hydrogen (secondary N) is 2. The summed E-state index contributed by atoms with van der Waals surface area (Å²) >= 11 is 0. The zero-order valence-corrected chi connectivity index (χ0v) is 18.4. The zero-order valence-electron chi connectivity index (χ0n) is 18.4. The molecule has 1 aliphatic rings. The first-order chi connectivity index (χ1) is 16.1. The number of likely N-dealkylation sites (tertiary alicyclic amines) is 1. The van der Waals surface area contributed by atoms with E-state index in [4.69, 9.17) is 9.52 Å². The molecule has 4 rings (SSSR count). The molecule has 33 heavy (non-hydrogen) atoms. The van der Waals surface area contributed by atoms with E-state index < -0.39 is 5.97 Å². The molecule has 1 saturated heterocycles. The van der Waals surface area contributed by atoms with Crippen LogP contribution < -0.4 is 10.6 Å². The van der Waals surface area contributed by atoms with E-state index in [-0.39, 0.29) is 24.1 Å². The van der Waals surface area contributed by atoms with Crippen molar-refractivity contribution in [2.45, 2.75) is 32.0 Å². The lowest BCUT2D eigenvalue weighted by Crippen LogP contribution is -2.46. The zero-order chi connectivity index (χ0) is 23.0. The van der Waals surface area contributed by atoms with Crippen LogP contribution in [0.3, 0.4) is 0 Å². The van der Waals surface area contributed by atoms with Crippen LogP contribution in [0.1, 0.15) is 34.7 Å². The fraction of sp³-hybridized carbons (Fsp3) is 0.320. The summed E-state index contributed by atoms with van der Waals surface area (Å²) < 4.78 is 6.01. The molecule has 1 aromatic carbocycles. The second-order valence-corrected chi connectivity index (χ2v) is 8.19. The van der Waals surface area contributed by atoms with Crippen LogP contribution in [0.15, 0.2) is 65.2 Å². The third-order valence-electron chi connectivity index (χ3n) is 5.71. The molecule has 0 bridgehead atoms. The number of amides is 1. The van der Waals surface area contributed by atoms with E-state index in [2.05, 4.69) is 20.5 Å². The molecule has 0 aliphatic carbocycles. The third-order valence-corrected chi connectivity index (χ3v) is 5.71. The molecular formula is C25H28N4O4. The fourth-order valence-corrected chi connectivity index (χ4v) is 3.97. The van der Waals surface area contributed by atoms with Gasteiger partial charge in [-0.25, -0.2) is 4.79 Å². The molecule has 0 spiro atoms. The summed E-state index contributed by atoms with van der Waals surface area (Å²) in [7, 11) is 0. The first-order valence-electron chi connectivity index (χ1n) is 11.1. The van der Waals surface area contributed by atoms with Gasteiger partial charge < -0.3 is 20.2 Å². The Bertz CT molecular complexity index is 1070. The number of pyridine rings is 1. The Morgan fingerprint density at radius 3 is 2.64 bits per heavy atom. The quantitative estimate of drug-likeness (QED) is 0.462. The third kappa shape index (κ3) is 6.50. The van der Waals surface area contributed by atoms with Crippen molar-refractivity contribution in [1.82, 2.24) is 20.5 Å². The molecule has 0 atom stereocenters. The van der Waals surface area contributed by atoms with Crippen molar-refractivity contribution < 1.29 is 19.1 Å². The number of aromatic nitrogens is 1. The lowest BCUT2D eigenvalue weighted by Gasteiger charge is -2.31. The molecule has 172 valence electrons. The van der Waals surface area contributed by atoms with E-state index in [1.54, 1.807) is 0 Å². The number of rotatable bonds is 9. The molecule has 8 heteroatoms. The first-order valence-corrected chi connectivity index (χ1v) is 11.1. The Morgan fingerprint density at radius 1 is 1.09 bits per heavy atom. The normalized spacial score (nSPS) is 14.8. The molecule has 1 amide bonds. The number of benzene rings is 1. The summed E-state index contributed by atoms with van der Waals surface area (Å²) in [5.74, 6) is 0.763. The van der Waals surface area contributed by atoms with Crippen molar-refractivity contribution in [3.8, 4) is 11.3 Å². The van der Waals surface area contributed by atoms with E-state index in [0.717, 1.165) is 49.6 Å². The van der Waals surface area contributed by atoms with Gasteiger partial charge in [-0.2, -0.15) is 0 Å². The Kier molecular flexibility index (Phi) is 7.49. The molecule has 2 aromatic heterocycles. The highest BCUT2D eigenvalue weighted by atomic mass is 16.4. The SMILES string of the molecule is O=C(CNCc1cc(C(=O)O)ccn1)NC1CCN(Cc2ccc(-c3ccccc3)o2)CC1. The Hall–Kier alpha value is -3.49. The van der Waals surface area contributed by atoms with E-state index >= 15 is 0 Å². The molecule has 0 radical (unpaired) electrons. The van der Waals surface area contributed by atoms with Crippen molar-refractivity contribution in [3.63, 3.8) is 0 Å². The van der Waals surface area contributed by atoms with Gasteiger partial charge in [0.15, 0.2) is 0 Å². The van der Waals surface area contributed by atoms with Gasteiger partial charge in [0.05, 0.1) is 24.3 Å². The number of carboxylic acids is 1. The number of piperidine rings is 1. The van der Waals surface area contributed by atoms with E-state index in [0.29, 0.717) is 12.2 Å². The lowest BCUT2D eigenvalue weighted by molar-refractivity contribution is -0.121. The molecule has 0 saturated carbocycles. The molecule has 1 fully saturated rings. The van der Waals surface area contributed by atoms with Gasteiger partial charge in [0.1, 0.15) is 11.5 Å². The monoisotopic (exact) mass is 448 g/mol. The second kappa shape index (κ2) is 10.9. The van der Waals surface area contributed by atoms with Crippen molar-refractivity contribution in [2.24, 2.45) is 0 Å². The number of carbonyl (C=O) groups excluding carboxylic acids is 1. The van der Waals surface area contributed by atoms with Crippen LogP contribution in [-0.2, 0) is 17.9 Å². The molecule has 3 heterocycles. The number of furan rings is 1. The van der Waals surface area contributed by atoms with Crippen LogP contribution in [0, 0.1) is 0 Å². The Labute approximate surface area is 192 Å². The maximum Gasteiger partial charge on any atom is 0.335 e. The Balaban J connectivity index is 1.16. The van der Waals surface area contributed by atoms with Gasteiger partial charge in [0.25, 0.3) is 0 Å². The number of hydrogen-bond donors (Lipinski definition) is 3. The van der Waals surface area contributed by atoms with Gasteiger partial charge in [-0.15, -0.1) is 0 Å². The Morgan fingerprint density at radius 2 is 1.88 bits per heavy atom. The summed E-state index contributed by atoms with van der Waals surface area (Å²) in [6, 6.07) is 17.2. The fourth-order valence-electron chi connectivity index (χ4n) is 3.97. The van der Waals surface area contributed by atoms with Crippen LogP contribution in [0.2, 0.25) is 0 Å². The molecule has 0 unspecified atom stereocenters. The van der Waals surface area contributed by atoms with Gasteiger partial charge in [-0.05, 0) is 37.1 Å². The molecule has 3 aromatic rings. The standard InChI is InChI=1S/C25H28N4O4/c30-24(16-26-15-21-14-19(25(31)32)8-11-27-21)28-20-9-12-29(13-10-20)17-22-6-7-23(33-22)18-4-2-1-3-5-18/h1-8,11,14,20,26H,9-10,12-13,15-17H2,(H,28,30)(H,31,32). The van der Waals surface area contributed by atoms with Crippen LogP contribution in [0.4, 0.5) is 0 Å². The van der Waals surface area contributed by atoms with E-state index in [1.807, 2.05) is 42.5 Å². The largest absolute Gasteiger partial charge is 0.478 e. The predicted molar refractivity (Wildman–Crippen MR) is 123 cm³/mol. The average molecular weight is 449 g/mol. The van der Waals surface area contributed by atoms with E-state index in [1.165, 1.54) is 18.3 Å². The minimum absolute atomic E-state index is 0.0682. The number of carboxylic acid groups (broad SMARTS) is 1. The summed E-state index contributed by atoms with van der Waals surface area (Å²) in [5, 5.41) is 15.1. The van der Waals surface area contributed by atoms with Crippen molar-refractivity contribution >= 4 is 11.9 Å². The van der Waals surface area contributed by atoms with Crippen LogP contribution in [0.25, 0.3) is 11.3 Å². The second-order valence-electron chi connectivity index (χ2n) is 8.19. The summed E-state index contributed by atoms with van der Waals surface area (Å²) in [4.78, 5) is 29.8. The van der Waals surface area contributed by atoms with Crippen molar-refractivity contribution in [3.05, 3.63) is 77.8 Å². The number of hydrogen-bond acceptors (Lipinski definition) is 6. The minimum Gasteiger partial charge on any atom is -0.478 e. The summed E-state index contributed by atoms with van der Waals surface area (Å²) in [5.41, 5.74) is 1.84. The number of carbonyl (C=O) groups is 2. The van der Waals surface area contributed by atoms with Gasteiger partial charge in [0.2, 0.25) is 5.91 Å². The molecular weight excluding hydrogens is 420 g/mol. The van der Waals surface area contributed by atoms with Gasteiger partial charge in [-0.3, -0.25) is 14.7 Å². The molecule has 8 nitrogen and oxygen atoms in total. The molecule has 1 aliphatic heterocycles.